The van der Waals surface area contributed by atoms with Crippen LogP contribution in [0.1, 0.15) is 48.3 Å². The van der Waals surface area contributed by atoms with Gasteiger partial charge in [-0.2, -0.15) is 0 Å². The van der Waals surface area contributed by atoms with Crippen molar-refractivity contribution in [2.75, 3.05) is 6.61 Å². The van der Waals surface area contributed by atoms with Crippen LogP contribution >= 0.6 is 0 Å². The average Bonchev–Trinajstić information content (AvgIpc) is 3.49. The highest BCUT2D eigenvalue weighted by Gasteiger charge is 2.29. The zero-order valence-corrected chi connectivity index (χ0v) is 21.0. The molecule has 1 aliphatic rings. The lowest BCUT2D eigenvalue weighted by molar-refractivity contribution is 0.0677. The maximum Gasteiger partial charge on any atom is 0.254 e. The first-order chi connectivity index (χ1) is 17.1. The van der Waals surface area contributed by atoms with E-state index >= 15 is 0 Å². The second-order valence-corrected chi connectivity index (χ2v) is 11.1. The summed E-state index contributed by atoms with van der Waals surface area (Å²) in [6.07, 6.45) is 2.94. The molecule has 1 amide bonds. The van der Waals surface area contributed by atoms with Crippen LogP contribution in [0.4, 0.5) is 8.78 Å². The summed E-state index contributed by atoms with van der Waals surface area (Å²) in [5.41, 5.74) is 1.18. The topological polar surface area (TPSA) is 81.5 Å². The first-order valence-electron chi connectivity index (χ1n) is 11.8. The van der Waals surface area contributed by atoms with Crippen molar-refractivity contribution < 1.29 is 26.7 Å². The van der Waals surface area contributed by atoms with E-state index in [0.717, 1.165) is 12.8 Å². The van der Waals surface area contributed by atoms with Crippen LogP contribution in [0.3, 0.4) is 0 Å². The first-order valence-corrected chi connectivity index (χ1v) is 13.5. The Balaban J connectivity index is 1.67. The van der Waals surface area contributed by atoms with Gasteiger partial charge in [-0.1, -0.05) is 18.2 Å². The number of aromatic nitrogens is 2. The lowest BCUT2D eigenvalue weighted by Crippen LogP contribution is -2.37. The molecule has 36 heavy (non-hydrogen) atoms. The van der Waals surface area contributed by atoms with Crippen LogP contribution in [0.25, 0.3) is 0 Å². The second-order valence-electron chi connectivity index (χ2n) is 9.20. The molecule has 4 rings (SSSR count). The summed E-state index contributed by atoms with van der Waals surface area (Å²) in [7, 11) is -3.89. The fraction of sp³-hybridized carbons (Fsp3) is 0.385. The predicted octanol–water partition coefficient (Wildman–Crippen LogP) is 4.37. The number of halogens is 2. The number of nitrogens with zero attached hydrogens (tertiary/aromatic N) is 3. The maximum absolute atomic E-state index is 13.8. The van der Waals surface area contributed by atoms with Crippen LogP contribution in [0, 0.1) is 11.6 Å². The van der Waals surface area contributed by atoms with Crippen LogP contribution in [0.5, 0.6) is 0 Å². The normalized spacial score (nSPS) is 16.0. The van der Waals surface area contributed by atoms with Crippen LogP contribution < -0.4 is 0 Å². The van der Waals surface area contributed by atoms with Crippen LogP contribution in [0.2, 0.25) is 0 Å². The molecule has 192 valence electrons. The summed E-state index contributed by atoms with van der Waals surface area (Å²) in [5, 5.41) is -0.126. The number of amides is 1. The molecule has 1 aliphatic heterocycles. The second kappa shape index (κ2) is 10.9. The van der Waals surface area contributed by atoms with Gasteiger partial charge >= 0.3 is 0 Å². The van der Waals surface area contributed by atoms with Gasteiger partial charge in [-0.05, 0) is 62.6 Å². The zero-order valence-electron chi connectivity index (χ0n) is 20.2. The van der Waals surface area contributed by atoms with Crippen molar-refractivity contribution in [2.45, 2.75) is 62.8 Å². The molecule has 0 aliphatic carbocycles. The number of ether oxygens (including phenoxy) is 1. The Hall–Kier alpha value is -3.11. The minimum Gasteiger partial charge on any atom is -0.376 e. The van der Waals surface area contributed by atoms with Crippen LogP contribution in [0.15, 0.2) is 59.9 Å². The number of carbonyl (C=O) groups excluding carboxylic acids is 1. The summed E-state index contributed by atoms with van der Waals surface area (Å²) in [5.74, 6) is -1.67. The van der Waals surface area contributed by atoms with E-state index in [-0.39, 0.29) is 47.6 Å². The number of rotatable bonds is 9. The molecule has 0 spiro atoms. The molecule has 1 atom stereocenters. The zero-order chi connectivity index (χ0) is 25.9. The smallest absolute Gasteiger partial charge is 0.254 e. The largest absolute Gasteiger partial charge is 0.376 e. The maximum atomic E-state index is 13.8. The van der Waals surface area contributed by atoms with Crippen molar-refractivity contribution in [1.29, 1.82) is 0 Å². The van der Waals surface area contributed by atoms with E-state index in [2.05, 4.69) is 4.98 Å². The van der Waals surface area contributed by atoms with Crippen molar-refractivity contribution in [3.63, 3.8) is 0 Å². The highest BCUT2D eigenvalue weighted by molar-refractivity contribution is 7.90. The van der Waals surface area contributed by atoms with Crippen LogP contribution in [-0.2, 0) is 33.4 Å². The van der Waals surface area contributed by atoms with Gasteiger partial charge in [0, 0.05) is 18.2 Å². The number of benzene rings is 2. The Morgan fingerprint density at radius 2 is 1.92 bits per heavy atom. The molecule has 3 aromatic rings. The minimum absolute atomic E-state index is 0.0821. The third-order valence-electron chi connectivity index (χ3n) is 6.15. The highest BCUT2D eigenvalue weighted by atomic mass is 32.2. The fourth-order valence-electron chi connectivity index (χ4n) is 4.27. The minimum atomic E-state index is -3.89. The van der Waals surface area contributed by atoms with Crippen molar-refractivity contribution in [2.24, 2.45) is 0 Å². The molecular weight excluding hydrogens is 488 g/mol. The molecule has 10 heteroatoms. The molecule has 0 saturated carbocycles. The molecule has 0 bridgehead atoms. The number of carbonyl (C=O) groups is 1. The van der Waals surface area contributed by atoms with Crippen molar-refractivity contribution >= 4 is 15.7 Å². The van der Waals surface area contributed by atoms with Crippen molar-refractivity contribution in [1.82, 2.24) is 14.5 Å². The first kappa shape index (κ1) is 26.0. The SMILES string of the molecule is CC(C)N(Cc1cnc(S(=O)(=O)Cc2ccc(F)cc2)n1CC1CCCO1)C(=O)c1cccc(F)c1. The molecule has 1 fully saturated rings. The van der Waals surface area contributed by atoms with Gasteiger partial charge in [0.05, 0.1) is 36.8 Å². The summed E-state index contributed by atoms with van der Waals surface area (Å²) >= 11 is 0. The van der Waals surface area contributed by atoms with Gasteiger partial charge in [0.25, 0.3) is 5.91 Å². The van der Waals surface area contributed by atoms with Gasteiger partial charge in [-0.3, -0.25) is 4.79 Å². The van der Waals surface area contributed by atoms with Gasteiger partial charge in [0.15, 0.2) is 0 Å². The summed E-state index contributed by atoms with van der Waals surface area (Å²) in [6.45, 7) is 4.63. The van der Waals surface area contributed by atoms with Gasteiger partial charge in [0.2, 0.25) is 15.0 Å². The Morgan fingerprint density at radius 1 is 1.17 bits per heavy atom. The fourth-order valence-corrected chi connectivity index (χ4v) is 5.77. The van der Waals surface area contributed by atoms with E-state index in [0.29, 0.717) is 17.9 Å². The summed E-state index contributed by atoms with van der Waals surface area (Å²) in [4.78, 5) is 19.0. The molecular formula is C26H29F2N3O4S. The van der Waals surface area contributed by atoms with E-state index in [1.165, 1.54) is 48.7 Å². The molecule has 1 saturated heterocycles. The third-order valence-corrected chi connectivity index (χ3v) is 7.74. The van der Waals surface area contributed by atoms with Gasteiger partial charge in [-0.25, -0.2) is 22.2 Å². The molecule has 0 N–H and O–H groups in total. The monoisotopic (exact) mass is 517 g/mol. The number of sulfone groups is 1. The molecule has 1 unspecified atom stereocenters. The standard InChI is InChI=1S/C26H29F2N3O4S/c1-18(2)30(25(32)20-5-3-6-22(28)13-20)15-23-14-29-26(31(23)16-24-7-4-12-35-24)36(33,34)17-19-8-10-21(27)11-9-19/h3,5-6,8-11,13-14,18,24H,4,7,12,15-17H2,1-2H3. The van der Waals surface area contributed by atoms with Gasteiger partial charge in [-0.15, -0.1) is 0 Å². The summed E-state index contributed by atoms with van der Waals surface area (Å²) < 4.78 is 61.2. The molecule has 7 nitrogen and oxygen atoms in total. The Labute approximate surface area is 209 Å². The lowest BCUT2D eigenvalue weighted by atomic mass is 10.1. The van der Waals surface area contributed by atoms with Gasteiger partial charge in [0.1, 0.15) is 11.6 Å². The summed E-state index contributed by atoms with van der Waals surface area (Å²) in [6, 6.07) is 10.5. The lowest BCUT2D eigenvalue weighted by Gasteiger charge is -2.28. The van der Waals surface area contributed by atoms with E-state index in [4.69, 9.17) is 4.74 Å². The quantitative estimate of drug-likeness (QED) is 0.421. The van der Waals surface area contributed by atoms with Crippen LogP contribution in [-0.4, -0.2) is 47.5 Å². The Bertz CT molecular complexity index is 1320. The number of imidazole rings is 1. The molecule has 2 aromatic carbocycles. The van der Waals surface area contributed by atoms with E-state index in [1.807, 2.05) is 13.8 Å². The number of hydrogen-bond donors (Lipinski definition) is 0. The third kappa shape index (κ3) is 5.99. The Kier molecular flexibility index (Phi) is 7.85. The molecule has 1 aromatic heterocycles. The average molecular weight is 518 g/mol. The Morgan fingerprint density at radius 3 is 2.56 bits per heavy atom. The van der Waals surface area contributed by atoms with Crippen molar-refractivity contribution in [3.05, 3.63) is 83.2 Å². The van der Waals surface area contributed by atoms with E-state index < -0.39 is 21.5 Å². The van der Waals surface area contributed by atoms with E-state index in [1.54, 1.807) is 15.5 Å². The molecule has 2 heterocycles. The highest BCUT2D eigenvalue weighted by Crippen LogP contribution is 2.24. The predicted molar refractivity (Wildman–Crippen MR) is 130 cm³/mol. The molecule has 0 radical (unpaired) electrons. The van der Waals surface area contributed by atoms with E-state index in [9.17, 15) is 22.0 Å². The van der Waals surface area contributed by atoms with Crippen molar-refractivity contribution in [3.8, 4) is 0 Å². The number of hydrogen-bond acceptors (Lipinski definition) is 5. The van der Waals surface area contributed by atoms with Gasteiger partial charge < -0.3 is 14.2 Å².